The van der Waals surface area contributed by atoms with Crippen LogP contribution in [0.2, 0.25) is 0 Å². The Bertz CT molecular complexity index is 647. The molecule has 0 saturated carbocycles. The summed E-state index contributed by atoms with van der Waals surface area (Å²) in [6.07, 6.45) is 3.65. The van der Waals surface area contributed by atoms with Gasteiger partial charge in [0.1, 0.15) is 4.88 Å². The lowest BCUT2D eigenvalue weighted by atomic mass is 10.1. The van der Waals surface area contributed by atoms with Gasteiger partial charge < -0.3 is 10.4 Å². The van der Waals surface area contributed by atoms with E-state index in [1.807, 2.05) is 18.2 Å². The van der Waals surface area contributed by atoms with Gasteiger partial charge in [-0.25, -0.2) is 0 Å². The highest BCUT2D eigenvalue weighted by molar-refractivity contribution is 7.07. The van der Waals surface area contributed by atoms with E-state index in [1.165, 1.54) is 11.8 Å². The monoisotopic (exact) mass is 332 g/mol. The number of carbonyl (C=O) groups excluding carboxylic acids is 1. The number of aliphatic hydroxyl groups excluding tert-OH is 1. The summed E-state index contributed by atoms with van der Waals surface area (Å²) in [4.78, 5) is 14.8. The quantitative estimate of drug-likeness (QED) is 0.836. The minimum atomic E-state index is -0.149. The smallest absolute Gasteiger partial charge is 0.264 e. The van der Waals surface area contributed by atoms with E-state index in [0.717, 1.165) is 43.0 Å². The first-order valence-electron chi connectivity index (χ1n) is 7.75. The van der Waals surface area contributed by atoms with Crippen LogP contribution in [0.5, 0.6) is 0 Å². The summed E-state index contributed by atoms with van der Waals surface area (Å²) >= 11 is 1.09. The molecular weight excluding hydrogens is 312 g/mol. The first-order valence-corrected chi connectivity index (χ1v) is 8.52. The van der Waals surface area contributed by atoms with E-state index in [1.54, 1.807) is 0 Å². The highest BCUT2D eigenvalue weighted by atomic mass is 32.1. The van der Waals surface area contributed by atoms with E-state index in [9.17, 15) is 9.90 Å². The molecule has 2 heterocycles. The third-order valence-electron chi connectivity index (χ3n) is 4.23. The second-order valence-electron chi connectivity index (χ2n) is 5.68. The molecule has 1 saturated heterocycles. The van der Waals surface area contributed by atoms with Crippen molar-refractivity contribution in [1.29, 1.82) is 0 Å². The van der Waals surface area contributed by atoms with Crippen LogP contribution in [0, 0.1) is 0 Å². The van der Waals surface area contributed by atoms with Crippen LogP contribution in [0.4, 0.5) is 0 Å². The molecule has 2 N–H and O–H groups in total. The number of nitrogens with one attached hydrogen (secondary N) is 1. The maximum atomic E-state index is 12.0. The number of benzene rings is 1. The molecule has 23 heavy (non-hydrogen) atoms. The Kier molecular flexibility index (Phi) is 5.32. The van der Waals surface area contributed by atoms with Crippen molar-refractivity contribution in [3.8, 4) is 0 Å². The number of aromatic nitrogens is 2. The van der Waals surface area contributed by atoms with Crippen molar-refractivity contribution in [2.75, 3.05) is 13.2 Å². The molecule has 0 aliphatic carbocycles. The number of hydrogen-bond donors (Lipinski definition) is 2. The molecule has 2 aromatic rings. The van der Waals surface area contributed by atoms with Gasteiger partial charge in [-0.3, -0.25) is 9.69 Å². The highest BCUT2D eigenvalue weighted by Crippen LogP contribution is 2.21. The second-order valence-corrected chi connectivity index (χ2v) is 6.47. The molecule has 1 aromatic carbocycles. The minimum Gasteiger partial charge on any atom is -0.395 e. The zero-order valence-electron chi connectivity index (χ0n) is 12.8. The van der Waals surface area contributed by atoms with Crippen molar-refractivity contribution in [2.45, 2.75) is 32.0 Å². The fourth-order valence-corrected chi connectivity index (χ4v) is 3.37. The topological polar surface area (TPSA) is 78.4 Å². The van der Waals surface area contributed by atoms with Gasteiger partial charge >= 0.3 is 0 Å². The van der Waals surface area contributed by atoms with E-state index in [0.29, 0.717) is 11.4 Å². The Balaban J connectivity index is 1.65. The number of hydrogen-bond acceptors (Lipinski definition) is 6. The molecule has 1 aromatic heterocycles. The molecule has 7 heteroatoms. The van der Waals surface area contributed by atoms with Crippen LogP contribution in [-0.2, 0) is 13.1 Å². The third-order valence-corrected chi connectivity index (χ3v) is 4.89. The molecule has 1 amide bonds. The van der Waals surface area contributed by atoms with Crippen LogP contribution < -0.4 is 5.32 Å². The van der Waals surface area contributed by atoms with Crippen LogP contribution in [0.15, 0.2) is 30.5 Å². The average Bonchev–Trinajstić information content (AvgIpc) is 3.25. The normalized spacial score (nSPS) is 18.2. The maximum absolute atomic E-state index is 12.0. The molecule has 1 atom stereocenters. The van der Waals surface area contributed by atoms with Crippen LogP contribution in [0.25, 0.3) is 0 Å². The predicted octanol–water partition coefficient (Wildman–Crippen LogP) is 1.42. The Morgan fingerprint density at radius 3 is 2.96 bits per heavy atom. The summed E-state index contributed by atoms with van der Waals surface area (Å²) in [7, 11) is 0. The predicted molar refractivity (Wildman–Crippen MR) is 88.0 cm³/mol. The SMILES string of the molecule is O=C(NCc1ccccc1CN1CCC[C@H]1CO)c1cnns1. The van der Waals surface area contributed by atoms with Gasteiger partial charge in [-0.1, -0.05) is 28.8 Å². The standard InChI is InChI=1S/C16H20N4O2S/c21-11-14-6-3-7-20(14)10-13-5-2-1-4-12(13)8-17-16(22)15-9-18-19-23-15/h1-2,4-5,9,14,21H,3,6-8,10-11H2,(H,17,22)/t14-/m0/s1. The van der Waals surface area contributed by atoms with Gasteiger partial charge in [0.25, 0.3) is 5.91 Å². The first kappa shape index (κ1) is 16.0. The molecule has 1 aliphatic rings. The third kappa shape index (κ3) is 3.93. The molecule has 0 bridgehead atoms. The number of aliphatic hydroxyl groups is 1. The van der Waals surface area contributed by atoms with Gasteiger partial charge in [-0.15, -0.1) is 5.10 Å². The molecule has 1 aliphatic heterocycles. The van der Waals surface area contributed by atoms with Crippen molar-refractivity contribution >= 4 is 17.4 Å². The fraction of sp³-hybridized carbons (Fsp3) is 0.438. The van der Waals surface area contributed by atoms with E-state index in [-0.39, 0.29) is 18.6 Å². The van der Waals surface area contributed by atoms with E-state index < -0.39 is 0 Å². The summed E-state index contributed by atoms with van der Waals surface area (Å²) < 4.78 is 3.70. The Morgan fingerprint density at radius 2 is 2.22 bits per heavy atom. The van der Waals surface area contributed by atoms with Gasteiger partial charge in [0.2, 0.25) is 0 Å². The highest BCUT2D eigenvalue weighted by Gasteiger charge is 2.24. The van der Waals surface area contributed by atoms with Crippen LogP contribution in [0.1, 0.15) is 33.6 Å². The molecule has 0 unspecified atom stereocenters. The maximum Gasteiger partial charge on any atom is 0.264 e. The molecule has 0 radical (unpaired) electrons. The Labute approximate surface area is 139 Å². The molecule has 0 spiro atoms. The molecule has 6 nitrogen and oxygen atoms in total. The van der Waals surface area contributed by atoms with Crippen LogP contribution in [0.3, 0.4) is 0 Å². The lowest BCUT2D eigenvalue weighted by Gasteiger charge is -2.24. The fourth-order valence-electron chi connectivity index (χ4n) is 2.94. The number of rotatable bonds is 6. The van der Waals surface area contributed by atoms with Crippen LogP contribution >= 0.6 is 11.5 Å². The number of amides is 1. The van der Waals surface area contributed by atoms with Crippen LogP contribution in [-0.4, -0.2) is 44.7 Å². The largest absolute Gasteiger partial charge is 0.395 e. The Morgan fingerprint density at radius 1 is 1.39 bits per heavy atom. The molecule has 1 fully saturated rings. The van der Waals surface area contributed by atoms with E-state index in [4.69, 9.17) is 0 Å². The lowest BCUT2D eigenvalue weighted by molar-refractivity contribution is 0.0954. The zero-order chi connectivity index (χ0) is 16.1. The molecule has 3 rings (SSSR count). The lowest BCUT2D eigenvalue weighted by Crippen LogP contribution is -2.32. The van der Waals surface area contributed by atoms with Crippen molar-refractivity contribution in [3.63, 3.8) is 0 Å². The molecule has 122 valence electrons. The Hall–Kier alpha value is -1.83. The molecular formula is C16H20N4O2S. The second kappa shape index (κ2) is 7.63. The first-order chi connectivity index (χ1) is 11.3. The summed E-state index contributed by atoms with van der Waals surface area (Å²) in [6.45, 7) is 2.50. The summed E-state index contributed by atoms with van der Waals surface area (Å²) in [5.41, 5.74) is 2.29. The van der Waals surface area contributed by atoms with E-state index in [2.05, 4.69) is 25.9 Å². The van der Waals surface area contributed by atoms with Crippen molar-refractivity contribution in [1.82, 2.24) is 19.8 Å². The number of carbonyl (C=O) groups is 1. The van der Waals surface area contributed by atoms with Gasteiger partial charge in [-0.2, -0.15) is 0 Å². The minimum absolute atomic E-state index is 0.149. The summed E-state index contributed by atoms with van der Waals surface area (Å²) in [5, 5.41) is 16.1. The van der Waals surface area contributed by atoms with Gasteiger partial charge in [0.05, 0.1) is 12.8 Å². The number of nitrogens with zero attached hydrogens (tertiary/aromatic N) is 3. The number of likely N-dealkylation sites (tertiary alicyclic amines) is 1. The summed E-state index contributed by atoms with van der Waals surface area (Å²) in [5.74, 6) is -0.149. The average molecular weight is 332 g/mol. The van der Waals surface area contributed by atoms with Crippen molar-refractivity contribution < 1.29 is 9.90 Å². The zero-order valence-corrected chi connectivity index (χ0v) is 13.6. The van der Waals surface area contributed by atoms with Gasteiger partial charge in [0.15, 0.2) is 0 Å². The van der Waals surface area contributed by atoms with Gasteiger partial charge in [0, 0.05) is 19.1 Å². The van der Waals surface area contributed by atoms with Gasteiger partial charge in [-0.05, 0) is 42.0 Å². The van der Waals surface area contributed by atoms with E-state index >= 15 is 0 Å². The van der Waals surface area contributed by atoms with Crippen molar-refractivity contribution in [2.24, 2.45) is 0 Å². The van der Waals surface area contributed by atoms with Crippen molar-refractivity contribution in [3.05, 3.63) is 46.5 Å². The summed E-state index contributed by atoms with van der Waals surface area (Å²) in [6, 6.07) is 8.36.